The van der Waals surface area contributed by atoms with E-state index in [4.69, 9.17) is 11.0 Å². The zero-order valence-electron chi connectivity index (χ0n) is 21.9. The fourth-order valence-corrected chi connectivity index (χ4v) is 2.86. The Morgan fingerprint density at radius 3 is 2.71 bits per heavy atom. The van der Waals surface area contributed by atoms with E-state index in [-0.39, 0.29) is 33.4 Å². The number of benzene rings is 1. The maximum Gasteiger partial charge on any atom is 0.144 e. The van der Waals surface area contributed by atoms with Crippen LogP contribution in [0.3, 0.4) is 0 Å². The normalized spacial score (nSPS) is 27.4. The number of aliphatic imine (C=N–C) groups is 1. The van der Waals surface area contributed by atoms with Crippen molar-refractivity contribution in [1.82, 2.24) is 15.2 Å². The molecule has 3 aromatic rings. The molecule has 2 N–H and O–H groups in total. The lowest BCUT2D eigenvalue weighted by Crippen LogP contribution is -2.36. The number of anilines is 2. The first-order valence-electron chi connectivity index (χ1n) is 12.0. The molecule has 0 atom stereocenters. The summed E-state index contributed by atoms with van der Waals surface area (Å²) < 4.78 is 98.1. The van der Waals surface area contributed by atoms with Gasteiger partial charge in [-0.25, -0.2) is 18.8 Å². The van der Waals surface area contributed by atoms with Crippen molar-refractivity contribution in [3.05, 3.63) is 53.9 Å². The second kappa shape index (κ2) is 6.68. The fourth-order valence-electron chi connectivity index (χ4n) is 2.86. The molecule has 0 unspecified atom stereocenters. The van der Waals surface area contributed by atoms with Gasteiger partial charge in [0.1, 0.15) is 23.3 Å². The van der Waals surface area contributed by atoms with Crippen molar-refractivity contribution in [3.63, 3.8) is 0 Å². The number of rotatable bonds is 2. The van der Waals surface area contributed by atoms with Gasteiger partial charge >= 0.3 is 0 Å². The largest absolute Gasteiger partial charge is 0.378 e. The molecule has 2 aromatic heterocycles. The van der Waals surface area contributed by atoms with Gasteiger partial charge < -0.3 is 15.0 Å². The molecule has 0 amide bonds. The Balaban J connectivity index is 1.72. The number of pyridine rings is 1. The third-order valence-corrected chi connectivity index (χ3v) is 4.11. The molecule has 1 aromatic carbocycles. The van der Waals surface area contributed by atoms with Crippen molar-refractivity contribution in [2.45, 2.75) is 0 Å². The number of nitrogens with one attached hydrogen (secondary N) is 2. The summed E-state index contributed by atoms with van der Waals surface area (Å²) in [6.45, 7) is -13.0. The van der Waals surface area contributed by atoms with Crippen LogP contribution in [0.1, 0.15) is 16.5 Å². The molecule has 0 spiro atoms. The second-order valence-corrected chi connectivity index (χ2v) is 5.77. The van der Waals surface area contributed by atoms with Gasteiger partial charge in [-0.3, -0.25) is 5.10 Å². The van der Waals surface area contributed by atoms with Gasteiger partial charge in [-0.2, -0.15) is 5.10 Å². The van der Waals surface area contributed by atoms with E-state index in [2.05, 4.69) is 30.2 Å². The van der Waals surface area contributed by atoms with E-state index in [1.165, 1.54) is 12.3 Å². The maximum atomic E-state index is 14.5. The molecular weight excluding hydrogens is 366 g/mol. The first-order valence-corrected chi connectivity index (χ1v) is 8.02. The van der Waals surface area contributed by atoms with Gasteiger partial charge in [-0.05, 0) is 18.2 Å². The van der Waals surface area contributed by atoms with Gasteiger partial charge in [-0.15, -0.1) is 0 Å². The minimum absolute atomic E-state index is 0.0345. The molecule has 5 rings (SSSR count). The zero-order valence-corrected chi connectivity index (χ0v) is 13.9. The summed E-state index contributed by atoms with van der Waals surface area (Å²) in [5.74, 6) is -2.49. The van der Waals surface area contributed by atoms with E-state index in [9.17, 15) is 8.78 Å². The molecule has 28 heavy (non-hydrogen) atoms. The summed E-state index contributed by atoms with van der Waals surface area (Å²) in [5.41, 5.74) is 0.178. The van der Waals surface area contributed by atoms with Gasteiger partial charge in [0.25, 0.3) is 0 Å². The molecule has 142 valence electrons. The molecule has 0 radical (unpaired) electrons. The number of amidine groups is 1. The Hall–Kier alpha value is -3.33. The zero-order chi connectivity index (χ0) is 26.3. The Kier molecular flexibility index (Phi) is 2.45. The number of aromatic amines is 1. The lowest BCUT2D eigenvalue weighted by Gasteiger charge is -2.28. The topological polar surface area (TPSA) is 78.4 Å². The molecule has 1 saturated heterocycles. The highest BCUT2D eigenvalue weighted by Crippen LogP contribution is 2.38. The number of H-pyrrole nitrogens is 1. The van der Waals surface area contributed by atoms with E-state index >= 15 is 0 Å². The van der Waals surface area contributed by atoms with Crippen LogP contribution in [0.25, 0.3) is 11.3 Å². The number of hydrogen-bond donors (Lipinski definition) is 2. The van der Waals surface area contributed by atoms with E-state index in [0.717, 1.165) is 24.4 Å². The monoisotopic (exact) mass is 390 g/mol. The number of hydrogen-bond acceptors (Lipinski definition) is 6. The summed E-state index contributed by atoms with van der Waals surface area (Å²) >= 11 is 0. The van der Waals surface area contributed by atoms with Crippen LogP contribution in [0, 0.1) is 11.6 Å². The minimum Gasteiger partial charge on any atom is -0.378 e. The quantitative estimate of drug-likeness (QED) is 0.703. The molecule has 7 nitrogen and oxygen atoms in total. The van der Waals surface area contributed by atoms with Crippen LogP contribution in [0.2, 0.25) is 0 Å². The number of ether oxygens (including phenoxy) is 1. The van der Waals surface area contributed by atoms with Crippen LogP contribution in [-0.2, 0) is 4.74 Å². The van der Waals surface area contributed by atoms with Gasteiger partial charge in [0.15, 0.2) is 0 Å². The van der Waals surface area contributed by atoms with Crippen molar-refractivity contribution in [2.24, 2.45) is 4.99 Å². The number of fused-ring (bicyclic) bond motifs is 3. The van der Waals surface area contributed by atoms with Gasteiger partial charge in [0.05, 0.1) is 59.1 Å². The van der Waals surface area contributed by atoms with Crippen LogP contribution in [0.5, 0.6) is 0 Å². The lowest BCUT2D eigenvalue weighted by molar-refractivity contribution is 0.122. The van der Waals surface area contributed by atoms with E-state index < -0.39 is 49.1 Å². The van der Waals surface area contributed by atoms with Crippen molar-refractivity contribution in [2.75, 3.05) is 36.3 Å². The average Bonchev–Trinajstić information content (AvgIpc) is 3.14. The third kappa shape index (κ3) is 2.80. The van der Waals surface area contributed by atoms with Crippen molar-refractivity contribution in [1.29, 1.82) is 0 Å². The Bertz CT molecular complexity index is 1370. The summed E-state index contributed by atoms with van der Waals surface area (Å²) in [4.78, 5) is 8.50. The van der Waals surface area contributed by atoms with Gasteiger partial charge in [0.2, 0.25) is 0 Å². The first kappa shape index (κ1) is 10.3. The third-order valence-electron chi connectivity index (χ3n) is 4.11. The van der Waals surface area contributed by atoms with Gasteiger partial charge in [-0.1, -0.05) is 6.07 Å². The number of halogens is 2. The molecular formula is C19H16F2N6O. The van der Waals surface area contributed by atoms with Gasteiger partial charge in [0, 0.05) is 18.6 Å². The van der Waals surface area contributed by atoms with Crippen molar-refractivity contribution < 1.29 is 24.5 Å². The van der Waals surface area contributed by atoms with Crippen LogP contribution in [0.15, 0.2) is 41.7 Å². The molecule has 0 aliphatic carbocycles. The van der Waals surface area contributed by atoms with E-state index in [0.29, 0.717) is 0 Å². The number of morpholine rings is 1. The molecule has 2 aliphatic rings. The van der Waals surface area contributed by atoms with E-state index in [1.54, 1.807) is 0 Å². The standard InChI is InChI=1S/C19H16F2N6O/c20-12-2-1-3-13(21)17(12)19-24-14-9-22-16(27-4-6-28-7-5-27)8-11(14)18-15(25-19)10-23-26-18/h1-3,8-10H,4-7H2,(H,23,26)(H,24,25)/i4D2,5D2,6D2,7D2. The fraction of sp³-hybridized carbons (Fsp3) is 0.211. The summed E-state index contributed by atoms with van der Waals surface area (Å²) in [5, 5.41) is 9.38. The molecule has 2 aliphatic heterocycles. The maximum absolute atomic E-state index is 14.5. The summed E-state index contributed by atoms with van der Waals surface area (Å²) in [7, 11) is 0. The number of nitrogens with zero attached hydrogens (tertiary/aromatic N) is 4. The van der Waals surface area contributed by atoms with Crippen molar-refractivity contribution in [3.8, 4) is 11.3 Å². The minimum atomic E-state index is -3.27. The lowest BCUT2D eigenvalue weighted by atomic mass is 10.1. The Labute approximate surface area is 170 Å². The number of aromatic nitrogens is 3. The SMILES string of the molecule is [2H]C1([2H])OC([2H])([2H])C([2H])([2H])N(c2cc3c(cn2)N=C(c2c(F)cccc2F)Nc2cn[nH]c2-3)C1([2H])[2H]. The van der Waals surface area contributed by atoms with E-state index in [1.807, 2.05) is 0 Å². The molecule has 0 bridgehead atoms. The predicted octanol–water partition coefficient (Wildman–Crippen LogP) is 3.09. The highest BCUT2D eigenvalue weighted by Gasteiger charge is 2.24. The smallest absolute Gasteiger partial charge is 0.144 e. The average molecular weight is 390 g/mol. The molecule has 9 heteroatoms. The first-order chi connectivity index (χ1) is 16.7. The van der Waals surface area contributed by atoms with Crippen molar-refractivity contribution >= 4 is 23.0 Å². The Morgan fingerprint density at radius 1 is 1.14 bits per heavy atom. The summed E-state index contributed by atoms with van der Waals surface area (Å²) in [6, 6.07) is 4.44. The van der Waals surface area contributed by atoms with Crippen LogP contribution >= 0.6 is 0 Å². The van der Waals surface area contributed by atoms with Crippen LogP contribution < -0.4 is 10.2 Å². The van der Waals surface area contributed by atoms with Crippen LogP contribution in [-0.4, -0.2) is 47.1 Å². The predicted molar refractivity (Wildman–Crippen MR) is 101 cm³/mol. The second-order valence-electron chi connectivity index (χ2n) is 5.77. The highest BCUT2D eigenvalue weighted by atomic mass is 19.1. The Morgan fingerprint density at radius 2 is 1.93 bits per heavy atom. The molecule has 1 fully saturated rings. The van der Waals surface area contributed by atoms with Crippen LogP contribution in [0.4, 0.5) is 26.0 Å². The molecule has 0 saturated carbocycles. The molecule has 4 heterocycles. The highest BCUT2D eigenvalue weighted by molar-refractivity contribution is 6.13. The summed E-state index contributed by atoms with van der Waals surface area (Å²) in [6.07, 6.45) is 2.37.